The number of aryl methyl sites for hydroxylation is 1. The number of nitrogens with one attached hydrogen (secondary N) is 1. The maximum absolute atomic E-state index is 12.9. The lowest BCUT2D eigenvalue weighted by Gasteiger charge is -2.30. The predicted octanol–water partition coefficient (Wildman–Crippen LogP) is 4.13. The van der Waals surface area contributed by atoms with Gasteiger partial charge >= 0.3 is 6.09 Å². The molecule has 0 saturated carbocycles. The number of ketones is 1. The molecule has 1 aliphatic carbocycles. The molecule has 1 N–H and O–H groups in total. The Bertz CT molecular complexity index is 1230. The lowest BCUT2D eigenvalue weighted by Crippen LogP contribution is -2.38. The molecule has 1 fully saturated rings. The van der Waals surface area contributed by atoms with Crippen molar-refractivity contribution in [1.82, 2.24) is 24.8 Å². The fourth-order valence-corrected chi connectivity index (χ4v) is 4.36. The number of likely N-dealkylation sites (tertiary alicyclic amines) is 1. The number of piperidine rings is 1. The normalized spacial score (nSPS) is 15.6. The van der Waals surface area contributed by atoms with Gasteiger partial charge in [0.15, 0.2) is 5.82 Å². The van der Waals surface area contributed by atoms with Crippen LogP contribution in [0.1, 0.15) is 58.4 Å². The number of benzene rings is 1. The molecule has 0 spiro atoms. The summed E-state index contributed by atoms with van der Waals surface area (Å²) in [6.45, 7) is 1.19. The molecule has 2 aliphatic rings. The third-order valence-electron chi connectivity index (χ3n) is 6.20. The Morgan fingerprint density at radius 1 is 1.09 bits per heavy atom. The van der Waals surface area contributed by atoms with Crippen LogP contribution in [0.25, 0.3) is 6.08 Å². The van der Waals surface area contributed by atoms with E-state index in [2.05, 4.69) is 26.0 Å². The first-order chi connectivity index (χ1) is 16.6. The van der Waals surface area contributed by atoms with Crippen LogP contribution in [0, 0.1) is 0 Å². The number of nitrogens with zero attached hydrogens (tertiary/aromatic N) is 4. The Kier molecular flexibility index (Phi) is 6.07. The number of carbonyl (C=O) groups excluding carboxylic acids is 2. The third kappa shape index (κ3) is 4.41. The molecule has 0 unspecified atom stereocenters. The minimum absolute atomic E-state index is 0.129. The van der Waals surface area contributed by atoms with Crippen LogP contribution in [0.3, 0.4) is 0 Å². The minimum Gasteiger partial charge on any atom is -0.453 e. The fourth-order valence-electron chi connectivity index (χ4n) is 4.36. The van der Waals surface area contributed by atoms with Crippen molar-refractivity contribution < 1.29 is 19.1 Å². The second-order valence-electron chi connectivity index (χ2n) is 8.32. The first kappa shape index (κ1) is 21.8. The molecule has 9 heteroatoms. The number of imidazole rings is 1. The van der Waals surface area contributed by atoms with E-state index in [0.29, 0.717) is 36.1 Å². The Morgan fingerprint density at radius 3 is 2.59 bits per heavy atom. The molecule has 1 aromatic carbocycles. The van der Waals surface area contributed by atoms with Crippen molar-refractivity contribution in [1.29, 1.82) is 0 Å². The van der Waals surface area contributed by atoms with Gasteiger partial charge < -0.3 is 19.4 Å². The molecule has 2 aromatic heterocycles. The van der Waals surface area contributed by atoms with Crippen LogP contribution in [0.5, 0.6) is 11.6 Å². The number of amides is 1. The average molecular weight is 460 g/mol. The first-order valence-corrected chi connectivity index (χ1v) is 11.3. The topological polar surface area (TPSA) is 110 Å². The van der Waals surface area contributed by atoms with Crippen molar-refractivity contribution in [3.63, 3.8) is 0 Å². The lowest BCUT2D eigenvalue weighted by atomic mass is 9.93. The van der Waals surface area contributed by atoms with Crippen molar-refractivity contribution in [2.75, 3.05) is 20.2 Å². The second kappa shape index (κ2) is 9.46. The van der Waals surface area contributed by atoms with Gasteiger partial charge in [-0.05, 0) is 56.0 Å². The molecule has 5 rings (SSSR count). The molecule has 0 radical (unpaired) electrons. The highest BCUT2D eigenvalue weighted by Crippen LogP contribution is 2.33. The molecule has 0 bridgehead atoms. The van der Waals surface area contributed by atoms with E-state index >= 15 is 0 Å². The van der Waals surface area contributed by atoms with Crippen LogP contribution in [0.4, 0.5) is 4.79 Å². The van der Waals surface area contributed by atoms with Gasteiger partial charge in [0.2, 0.25) is 11.7 Å². The van der Waals surface area contributed by atoms with E-state index in [-0.39, 0.29) is 17.8 Å². The number of ether oxygens (including phenoxy) is 2. The highest BCUT2D eigenvalue weighted by molar-refractivity contribution is 6.06. The van der Waals surface area contributed by atoms with Crippen molar-refractivity contribution in [2.24, 2.45) is 0 Å². The Balaban J connectivity index is 1.28. The number of fused-ring (bicyclic) bond motifs is 1. The Morgan fingerprint density at radius 2 is 1.85 bits per heavy atom. The second-order valence-corrected chi connectivity index (χ2v) is 8.32. The Hall–Kier alpha value is -4.01. The monoisotopic (exact) mass is 459 g/mol. The zero-order valence-electron chi connectivity index (χ0n) is 18.9. The molecule has 1 aliphatic heterocycles. The largest absolute Gasteiger partial charge is 0.453 e. The van der Waals surface area contributed by atoms with Gasteiger partial charge in [0.1, 0.15) is 11.4 Å². The van der Waals surface area contributed by atoms with Gasteiger partial charge in [0.25, 0.3) is 0 Å². The summed E-state index contributed by atoms with van der Waals surface area (Å²) >= 11 is 0. The van der Waals surface area contributed by atoms with Crippen LogP contribution in [0.2, 0.25) is 0 Å². The fraction of sp³-hybridized carbons (Fsp3) is 0.320. The molecule has 3 heterocycles. The average Bonchev–Trinajstić information content (AvgIpc) is 3.33. The number of rotatable bonds is 5. The number of H-pyrrole nitrogens is 1. The third-order valence-corrected chi connectivity index (χ3v) is 6.20. The van der Waals surface area contributed by atoms with Crippen LogP contribution in [-0.2, 0) is 11.2 Å². The first-order valence-electron chi connectivity index (χ1n) is 11.3. The van der Waals surface area contributed by atoms with Crippen LogP contribution in [-0.4, -0.2) is 56.9 Å². The summed E-state index contributed by atoms with van der Waals surface area (Å²) in [7, 11) is 1.39. The number of aromatic nitrogens is 4. The molecular weight excluding hydrogens is 434 g/mol. The molecule has 1 amide bonds. The predicted molar refractivity (Wildman–Crippen MR) is 124 cm³/mol. The summed E-state index contributed by atoms with van der Waals surface area (Å²) in [6, 6.07) is 6.93. The van der Waals surface area contributed by atoms with E-state index in [9.17, 15) is 9.59 Å². The van der Waals surface area contributed by atoms with Gasteiger partial charge in [-0.25, -0.2) is 14.8 Å². The molecule has 34 heavy (non-hydrogen) atoms. The van der Waals surface area contributed by atoms with E-state index in [1.165, 1.54) is 7.11 Å². The summed E-state index contributed by atoms with van der Waals surface area (Å²) in [5, 5.41) is 0. The number of allylic oxidation sites excluding steroid dienone is 1. The van der Waals surface area contributed by atoms with Gasteiger partial charge in [0.05, 0.1) is 12.8 Å². The highest BCUT2D eigenvalue weighted by atomic mass is 16.5. The molecule has 174 valence electrons. The van der Waals surface area contributed by atoms with Gasteiger partial charge in [-0.15, -0.1) is 0 Å². The summed E-state index contributed by atoms with van der Waals surface area (Å²) in [4.78, 5) is 42.8. The zero-order valence-corrected chi connectivity index (χ0v) is 18.9. The van der Waals surface area contributed by atoms with Crippen LogP contribution >= 0.6 is 0 Å². The summed E-state index contributed by atoms with van der Waals surface area (Å²) in [5.41, 5.74) is 3.12. The van der Waals surface area contributed by atoms with E-state index < -0.39 is 0 Å². The smallest absolute Gasteiger partial charge is 0.409 e. The molecule has 1 saturated heterocycles. The van der Waals surface area contributed by atoms with Crippen LogP contribution < -0.4 is 4.74 Å². The van der Waals surface area contributed by atoms with E-state index in [1.54, 1.807) is 41.6 Å². The standard InChI is InChI=1S/C25H25N5O4/c1-33-25(32)30-14-10-16(11-15-30)21-24(27-13-12-26-21)34-18-8-6-17(7-9-18)22(31)23-28-19-4-2-3-5-20(19)29-23/h2,4,6-9,12-13,16H,3,5,10-11,14-15H2,1H3,(H,28,29). The van der Waals surface area contributed by atoms with E-state index in [0.717, 1.165) is 42.8 Å². The van der Waals surface area contributed by atoms with Crippen molar-refractivity contribution in [3.05, 3.63) is 71.2 Å². The summed E-state index contributed by atoms with van der Waals surface area (Å²) < 4.78 is 10.9. The number of aromatic amines is 1. The van der Waals surface area contributed by atoms with Crippen molar-refractivity contribution in [2.45, 2.75) is 31.6 Å². The molecular formula is C25H25N5O4. The highest BCUT2D eigenvalue weighted by Gasteiger charge is 2.28. The van der Waals surface area contributed by atoms with Gasteiger partial charge in [-0.2, -0.15) is 0 Å². The number of hydrogen-bond donors (Lipinski definition) is 1. The maximum atomic E-state index is 12.9. The molecule has 0 atom stereocenters. The van der Waals surface area contributed by atoms with Crippen LogP contribution in [0.15, 0.2) is 42.7 Å². The number of methoxy groups -OCH3 is 1. The molecule has 3 aromatic rings. The minimum atomic E-state index is -0.310. The zero-order chi connectivity index (χ0) is 23.5. The summed E-state index contributed by atoms with van der Waals surface area (Å²) in [6.07, 6.45) is 10.2. The van der Waals surface area contributed by atoms with Crippen molar-refractivity contribution in [3.8, 4) is 11.6 Å². The molecule has 9 nitrogen and oxygen atoms in total. The lowest BCUT2D eigenvalue weighted by molar-refractivity contribution is 0.102. The van der Waals surface area contributed by atoms with E-state index in [4.69, 9.17) is 9.47 Å². The van der Waals surface area contributed by atoms with E-state index in [1.807, 2.05) is 6.08 Å². The number of hydrogen-bond acceptors (Lipinski definition) is 7. The van der Waals surface area contributed by atoms with Gasteiger partial charge in [0, 0.05) is 42.7 Å². The van der Waals surface area contributed by atoms with Gasteiger partial charge in [-0.3, -0.25) is 9.78 Å². The summed E-state index contributed by atoms with van der Waals surface area (Å²) in [5.74, 6) is 1.31. The quantitative estimate of drug-likeness (QED) is 0.571. The van der Waals surface area contributed by atoms with Crippen molar-refractivity contribution >= 4 is 18.0 Å². The SMILES string of the molecule is COC(=O)N1CCC(c2nccnc2Oc2ccc(C(=O)c3nc4c([nH]3)CCC=C4)cc2)CC1. The Labute approximate surface area is 196 Å². The maximum Gasteiger partial charge on any atom is 0.409 e. The van der Waals surface area contributed by atoms with Gasteiger partial charge in [-0.1, -0.05) is 6.08 Å². The number of carbonyl (C=O) groups is 2.